The number of piperazine rings is 1. The van der Waals surface area contributed by atoms with Gasteiger partial charge in [-0.2, -0.15) is 4.31 Å². The van der Waals surface area contributed by atoms with Crippen molar-refractivity contribution in [3.05, 3.63) is 17.7 Å². The predicted molar refractivity (Wildman–Crippen MR) is 74.3 cm³/mol. The number of nitrogens with zero attached hydrogens (tertiary/aromatic N) is 4. The van der Waals surface area contributed by atoms with E-state index in [9.17, 15) is 13.2 Å². The van der Waals surface area contributed by atoms with Crippen LogP contribution in [0.5, 0.6) is 0 Å². The average Bonchev–Trinajstić information content (AvgIpc) is 2.48. The van der Waals surface area contributed by atoms with E-state index in [0.29, 0.717) is 13.1 Å². The standard InChI is InChI=1S/C11H15ClN4O4S/c1-20-8-10(17)15-2-4-16(5-3-15)21(18,19)9-6-13-11(12)14-7-9/h6-7H,2-5,8H2,1H3. The Morgan fingerprint density at radius 3 is 2.38 bits per heavy atom. The van der Waals surface area contributed by atoms with Gasteiger partial charge in [-0.1, -0.05) is 0 Å². The number of halogens is 1. The highest BCUT2D eigenvalue weighted by molar-refractivity contribution is 7.89. The van der Waals surface area contributed by atoms with E-state index in [1.165, 1.54) is 23.8 Å². The second-order valence-corrected chi connectivity index (χ2v) is 6.68. The summed E-state index contributed by atoms with van der Waals surface area (Å²) in [6.45, 7) is 1.10. The molecule has 2 rings (SSSR count). The van der Waals surface area contributed by atoms with E-state index in [0.717, 1.165) is 0 Å². The number of ether oxygens (including phenoxy) is 1. The minimum atomic E-state index is -3.66. The average molecular weight is 335 g/mol. The molecular weight excluding hydrogens is 320 g/mol. The van der Waals surface area contributed by atoms with Gasteiger partial charge in [0.05, 0.1) is 12.4 Å². The Hall–Kier alpha value is -1.29. The molecule has 2 heterocycles. The van der Waals surface area contributed by atoms with Gasteiger partial charge in [0.15, 0.2) is 0 Å². The number of hydrogen-bond acceptors (Lipinski definition) is 6. The van der Waals surface area contributed by atoms with E-state index < -0.39 is 10.0 Å². The zero-order chi connectivity index (χ0) is 15.5. The first kappa shape index (κ1) is 16.1. The maximum atomic E-state index is 12.4. The van der Waals surface area contributed by atoms with E-state index in [-0.39, 0.29) is 35.8 Å². The van der Waals surface area contributed by atoms with Crippen LogP contribution in [0.2, 0.25) is 5.28 Å². The Labute approximate surface area is 127 Å². The maximum absolute atomic E-state index is 12.4. The van der Waals surface area contributed by atoms with Crippen molar-refractivity contribution in [1.82, 2.24) is 19.2 Å². The first-order chi connectivity index (χ1) is 9.95. The van der Waals surface area contributed by atoms with Gasteiger partial charge >= 0.3 is 0 Å². The molecule has 0 saturated carbocycles. The fraction of sp³-hybridized carbons (Fsp3) is 0.545. The predicted octanol–water partition coefficient (Wildman–Crippen LogP) is -0.391. The lowest BCUT2D eigenvalue weighted by Crippen LogP contribution is -2.51. The normalized spacial score (nSPS) is 17.0. The topological polar surface area (TPSA) is 92.7 Å². The van der Waals surface area contributed by atoms with Crippen LogP contribution in [0.3, 0.4) is 0 Å². The Balaban J connectivity index is 2.04. The molecule has 1 amide bonds. The van der Waals surface area contributed by atoms with E-state index in [1.54, 1.807) is 4.90 Å². The van der Waals surface area contributed by atoms with E-state index in [4.69, 9.17) is 16.3 Å². The van der Waals surface area contributed by atoms with Gasteiger partial charge in [-0.15, -0.1) is 0 Å². The second kappa shape index (κ2) is 6.65. The van der Waals surface area contributed by atoms with Gasteiger partial charge in [0.25, 0.3) is 0 Å². The Morgan fingerprint density at radius 2 is 1.86 bits per heavy atom. The minimum Gasteiger partial charge on any atom is -0.375 e. The number of methoxy groups -OCH3 is 1. The fourth-order valence-corrected chi connectivity index (χ4v) is 3.39. The number of amides is 1. The van der Waals surface area contributed by atoms with Gasteiger partial charge in [0.2, 0.25) is 21.2 Å². The number of rotatable bonds is 4. The number of carbonyl (C=O) groups is 1. The van der Waals surface area contributed by atoms with Crippen molar-refractivity contribution < 1.29 is 17.9 Å². The van der Waals surface area contributed by atoms with Crippen molar-refractivity contribution in [2.45, 2.75) is 4.90 Å². The molecule has 1 aliphatic heterocycles. The van der Waals surface area contributed by atoms with Crippen LogP contribution in [0.4, 0.5) is 0 Å². The number of carbonyl (C=O) groups excluding carboxylic acids is 1. The highest BCUT2D eigenvalue weighted by atomic mass is 35.5. The van der Waals surface area contributed by atoms with E-state index in [1.807, 2.05) is 0 Å². The second-order valence-electron chi connectivity index (χ2n) is 4.41. The lowest BCUT2D eigenvalue weighted by Gasteiger charge is -2.33. The smallest absolute Gasteiger partial charge is 0.248 e. The quantitative estimate of drug-likeness (QED) is 0.696. The molecule has 0 atom stereocenters. The monoisotopic (exact) mass is 334 g/mol. The summed E-state index contributed by atoms with van der Waals surface area (Å²) in [4.78, 5) is 20.6. The van der Waals surface area contributed by atoms with Gasteiger partial charge in [0.1, 0.15) is 11.5 Å². The van der Waals surface area contributed by atoms with Crippen LogP contribution in [0.15, 0.2) is 17.3 Å². The number of sulfonamides is 1. The summed E-state index contributed by atoms with van der Waals surface area (Å²) >= 11 is 5.54. The zero-order valence-electron chi connectivity index (χ0n) is 11.4. The summed E-state index contributed by atoms with van der Waals surface area (Å²) in [7, 11) is -2.22. The van der Waals surface area contributed by atoms with Crippen LogP contribution in [-0.4, -0.2) is 73.4 Å². The SMILES string of the molecule is COCC(=O)N1CCN(S(=O)(=O)c2cnc(Cl)nc2)CC1. The third-order valence-corrected chi connectivity index (χ3v) is 5.14. The lowest BCUT2D eigenvalue weighted by atomic mass is 10.3. The molecule has 1 saturated heterocycles. The molecule has 10 heteroatoms. The third-order valence-electron chi connectivity index (χ3n) is 3.09. The molecule has 1 aliphatic rings. The first-order valence-corrected chi connectivity index (χ1v) is 8.01. The fourth-order valence-electron chi connectivity index (χ4n) is 1.98. The van der Waals surface area contributed by atoms with Crippen LogP contribution < -0.4 is 0 Å². The van der Waals surface area contributed by atoms with Crippen molar-refractivity contribution in [2.24, 2.45) is 0 Å². The number of hydrogen-bond donors (Lipinski definition) is 0. The summed E-state index contributed by atoms with van der Waals surface area (Å²) in [5.74, 6) is -0.149. The minimum absolute atomic E-state index is 0.00221. The van der Waals surface area contributed by atoms with E-state index >= 15 is 0 Å². The summed E-state index contributed by atoms with van der Waals surface area (Å²) in [5.41, 5.74) is 0. The number of aromatic nitrogens is 2. The van der Waals surface area contributed by atoms with Crippen LogP contribution in [-0.2, 0) is 19.6 Å². The molecule has 8 nitrogen and oxygen atoms in total. The van der Waals surface area contributed by atoms with Crippen LogP contribution in [0.1, 0.15) is 0 Å². The van der Waals surface area contributed by atoms with Crippen molar-refractivity contribution in [3.63, 3.8) is 0 Å². The van der Waals surface area contributed by atoms with Crippen LogP contribution in [0.25, 0.3) is 0 Å². The summed E-state index contributed by atoms with van der Waals surface area (Å²) in [5, 5.41) is -0.0102. The molecule has 1 aromatic heterocycles. The van der Waals surface area contributed by atoms with Gasteiger partial charge in [-0.3, -0.25) is 4.79 Å². The summed E-state index contributed by atoms with van der Waals surface area (Å²) < 4.78 is 30.8. The molecule has 0 aromatic carbocycles. The Morgan fingerprint density at radius 1 is 1.29 bits per heavy atom. The highest BCUT2D eigenvalue weighted by Gasteiger charge is 2.30. The van der Waals surface area contributed by atoms with Crippen molar-refractivity contribution in [1.29, 1.82) is 0 Å². The van der Waals surface area contributed by atoms with Crippen LogP contribution in [0, 0.1) is 0 Å². The molecule has 0 N–H and O–H groups in total. The highest BCUT2D eigenvalue weighted by Crippen LogP contribution is 2.16. The van der Waals surface area contributed by atoms with Crippen molar-refractivity contribution in [2.75, 3.05) is 39.9 Å². The molecule has 0 radical (unpaired) electrons. The Kier molecular flexibility index (Phi) is 5.09. The Bertz CT molecular complexity index is 599. The molecule has 0 aliphatic carbocycles. The molecule has 116 valence electrons. The molecule has 0 spiro atoms. The van der Waals surface area contributed by atoms with Crippen molar-refractivity contribution >= 4 is 27.5 Å². The molecule has 1 fully saturated rings. The molecule has 0 unspecified atom stereocenters. The molecule has 21 heavy (non-hydrogen) atoms. The lowest BCUT2D eigenvalue weighted by molar-refractivity contribution is -0.136. The van der Waals surface area contributed by atoms with Gasteiger partial charge in [-0.25, -0.2) is 18.4 Å². The zero-order valence-corrected chi connectivity index (χ0v) is 13.0. The first-order valence-electron chi connectivity index (χ1n) is 6.19. The molecule has 1 aromatic rings. The van der Waals surface area contributed by atoms with Crippen LogP contribution >= 0.6 is 11.6 Å². The van der Waals surface area contributed by atoms with Gasteiger partial charge in [0, 0.05) is 33.3 Å². The third kappa shape index (κ3) is 3.67. The summed E-state index contributed by atoms with van der Waals surface area (Å²) in [6, 6.07) is 0. The summed E-state index contributed by atoms with van der Waals surface area (Å²) in [6.07, 6.45) is 2.35. The largest absolute Gasteiger partial charge is 0.375 e. The van der Waals surface area contributed by atoms with Gasteiger partial charge in [-0.05, 0) is 11.6 Å². The van der Waals surface area contributed by atoms with Gasteiger partial charge < -0.3 is 9.64 Å². The molecule has 0 bridgehead atoms. The van der Waals surface area contributed by atoms with E-state index in [2.05, 4.69) is 9.97 Å². The van der Waals surface area contributed by atoms with Crippen molar-refractivity contribution in [3.8, 4) is 0 Å². The maximum Gasteiger partial charge on any atom is 0.248 e. The molecular formula is C11H15ClN4O4S.